The lowest BCUT2D eigenvalue weighted by molar-refractivity contribution is -0.152. The van der Waals surface area contributed by atoms with E-state index in [1.54, 1.807) is 24.3 Å². The first-order valence-corrected chi connectivity index (χ1v) is 6.96. The van der Waals surface area contributed by atoms with Gasteiger partial charge in [0.1, 0.15) is 19.0 Å². The zero-order chi connectivity index (χ0) is 15.0. The number of benzene rings is 1. The minimum Gasteiger partial charge on any atom is -0.464 e. The molecule has 0 N–H and O–H groups in total. The highest BCUT2D eigenvalue weighted by Crippen LogP contribution is 2.16. The van der Waals surface area contributed by atoms with Gasteiger partial charge in [0.15, 0.2) is 0 Å². The van der Waals surface area contributed by atoms with Crippen molar-refractivity contribution in [1.29, 1.82) is 0 Å². The number of esters is 2. The van der Waals surface area contributed by atoms with Gasteiger partial charge in [-0.05, 0) is 30.2 Å². The summed E-state index contributed by atoms with van der Waals surface area (Å²) in [5.74, 6) is -0.371. The van der Waals surface area contributed by atoms with E-state index in [-0.39, 0.29) is 19.1 Å². The zero-order valence-corrected chi connectivity index (χ0v) is 13.0. The van der Waals surface area contributed by atoms with Crippen molar-refractivity contribution >= 4 is 27.9 Å². The highest BCUT2D eigenvalue weighted by Gasteiger charge is 2.09. The number of hydrogen-bond donors (Lipinski definition) is 0. The van der Waals surface area contributed by atoms with Gasteiger partial charge in [0, 0.05) is 4.47 Å². The largest absolute Gasteiger partial charge is 0.464 e. The summed E-state index contributed by atoms with van der Waals surface area (Å²) in [5.41, 5.74) is 0. The molecule has 0 saturated heterocycles. The van der Waals surface area contributed by atoms with Crippen LogP contribution in [0.2, 0.25) is 0 Å². The molecule has 1 aromatic rings. The van der Waals surface area contributed by atoms with Crippen LogP contribution in [0.1, 0.15) is 13.8 Å². The molecule has 1 aromatic carbocycles. The summed E-state index contributed by atoms with van der Waals surface area (Å²) in [7, 11) is 0. The second-order valence-corrected chi connectivity index (χ2v) is 5.41. The van der Waals surface area contributed by atoms with E-state index in [1.165, 1.54) is 0 Å². The van der Waals surface area contributed by atoms with E-state index in [2.05, 4.69) is 15.9 Å². The van der Waals surface area contributed by atoms with Crippen molar-refractivity contribution in [2.75, 3.05) is 19.8 Å². The molecule has 0 fully saturated rings. The van der Waals surface area contributed by atoms with Crippen molar-refractivity contribution in [2.45, 2.75) is 13.8 Å². The van der Waals surface area contributed by atoms with Crippen LogP contribution in [0.15, 0.2) is 28.7 Å². The Bertz CT molecular complexity index is 441. The molecule has 0 spiro atoms. The normalized spacial score (nSPS) is 10.4. The van der Waals surface area contributed by atoms with Gasteiger partial charge >= 0.3 is 11.9 Å². The molecule has 6 heteroatoms. The van der Waals surface area contributed by atoms with E-state index in [0.29, 0.717) is 12.4 Å². The third-order valence-electron chi connectivity index (χ3n) is 2.06. The van der Waals surface area contributed by atoms with Gasteiger partial charge in [-0.2, -0.15) is 0 Å². The molecular formula is C14H17BrO5. The maximum absolute atomic E-state index is 11.4. The monoisotopic (exact) mass is 344 g/mol. The van der Waals surface area contributed by atoms with Crippen LogP contribution in [0, 0.1) is 5.92 Å². The molecule has 20 heavy (non-hydrogen) atoms. The first kappa shape index (κ1) is 16.7. The van der Waals surface area contributed by atoms with Crippen molar-refractivity contribution in [3.8, 4) is 5.75 Å². The lowest BCUT2D eigenvalue weighted by Crippen LogP contribution is -2.21. The van der Waals surface area contributed by atoms with Gasteiger partial charge in [-0.1, -0.05) is 29.8 Å². The average Bonchev–Trinajstić information content (AvgIpc) is 2.39. The molecule has 0 amide bonds. The lowest BCUT2D eigenvalue weighted by Gasteiger charge is -2.07. The van der Waals surface area contributed by atoms with Crippen molar-refractivity contribution in [1.82, 2.24) is 0 Å². The topological polar surface area (TPSA) is 61.8 Å². The maximum atomic E-state index is 11.4. The van der Waals surface area contributed by atoms with Crippen molar-refractivity contribution in [2.24, 2.45) is 5.92 Å². The lowest BCUT2D eigenvalue weighted by atomic mass is 10.2. The van der Waals surface area contributed by atoms with Crippen LogP contribution in [-0.4, -0.2) is 31.8 Å². The van der Waals surface area contributed by atoms with Gasteiger partial charge in [0.25, 0.3) is 0 Å². The van der Waals surface area contributed by atoms with Crippen molar-refractivity contribution in [3.63, 3.8) is 0 Å². The molecule has 1 rings (SSSR count). The number of carbonyl (C=O) groups is 2. The van der Waals surface area contributed by atoms with E-state index in [9.17, 15) is 9.59 Å². The molecule has 0 heterocycles. The van der Waals surface area contributed by atoms with Crippen LogP contribution in [0.25, 0.3) is 0 Å². The second-order valence-electron chi connectivity index (χ2n) is 4.50. The van der Waals surface area contributed by atoms with Crippen molar-refractivity contribution < 1.29 is 23.8 Å². The Morgan fingerprint density at radius 3 is 2.30 bits per heavy atom. The average molecular weight is 345 g/mol. The van der Waals surface area contributed by atoms with Crippen LogP contribution in [0.3, 0.4) is 0 Å². The number of hydrogen-bond acceptors (Lipinski definition) is 5. The zero-order valence-electron chi connectivity index (χ0n) is 11.4. The highest BCUT2D eigenvalue weighted by atomic mass is 79.9. The van der Waals surface area contributed by atoms with Gasteiger partial charge < -0.3 is 14.2 Å². The molecule has 0 aliphatic heterocycles. The number of carbonyl (C=O) groups excluding carboxylic acids is 2. The minimum atomic E-state index is -0.566. The van der Waals surface area contributed by atoms with Gasteiger partial charge in [-0.25, -0.2) is 9.59 Å². The smallest absolute Gasteiger partial charge is 0.337 e. The van der Waals surface area contributed by atoms with Crippen LogP contribution in [0.4, 0.5) is 0 Å². The molecule has 5 nitrogen and oxygen atoms in total. The molecule has 0 radical (unpaired) electrons. The summed E-state index contributed by atoms with van der Waals surface area (Å²) in [6.45, 7) is 3.65. The predicted octanol–water partition coefficient (Wildman–Crippen LogP) is 2.57. The molecule has 0 aromatic heterocycles. The Morgan fingerprint density at radius 2 is 1.70 bits per heavy atom. The predicted molar refractivity (Wildman–Crippen MR) is 76.4 cm³/mol. The minimum absolute atomic E-state index is 0.262. The van der Waals surface area contributed by atoms with Crippen LogP contribution in [0.5, 0.6) is 5.75 Å². The fourth-order valence-corrected chi connectivity index (χ4v) is 1.45. The summed E-state index contributed by atoms with van der Waals surface area (Å²) in [4.78, 5) is 22.7. The highest BCUT2D eigenvalue weighted by molar-refractivity contribution is 9.10. The standard InChI is InChI=1S/C14H17BrO5/c1-10(2)7-19-13(16)8-18-9-14(17)20-12-5-3-11(15)4-6-12/h3-6,10H,7-9H2,1-2H3. The Balaban J connectivity index is 2.20. The van der Waals surface area contributed by atoms with Gasteiger partial charge in [0.05, 0.1) is 6.61 Å². The van der Waals surface area contributed by atoms with Crippen LogP contribution < -0.4 is 4.74 Å². The first-order valence-electron chi connectivity index (χ1n) is 6.17. The molecule has 0 aliphatic rings. The third-order valence-corrected chi connectivity index (χ3v) is 2.59. The Hall–Kier alpha value is -1.40. The third kappa shape index (κ3) is 7.25. The molecule has 0 bridgehead atoms. The Kier molecular flexibility index (Phi) is 7.25. The van der Waals surface area contributed by atoms with Crippen LogP contribution >= 0.6 is 15.9 Å². The van der Waals surface area contributed by atoms with Crippen molar-refractivity contribution in [3.05, 3.63) is 28.7 Å². The van der Waals surface area contributed by atoms with Crippen LogP contribution in [-0.2, 0) is 19.1 Å². The molecule has 0 atom stereocenters. The summed E-state index contributed by atoms with van der Waals surface area (Å²) in [6.07, 6.45) is 0. The summed E-state index contributed by atoms with van der Waals surface area (Å²) in [5, 5.41) is 0. The maximum Gasteiger partial charge on any atom is 0.337 e. The molecule has 110 valence electrons. The molecular weight excluding hydrogens is 328 g/mol. The van der Waals surface area contributed by atoms with E-state index in [4.69, 9.17) is 14.2 Å². The SMILES string of the molecule is CC(C)COC(=O)COCC(=O)Oc1ccc(Br)cc1. The summed E-state index contributed by atoms with van der Waals surface area (Å²) >= 11 is 3.28. The van der Waals surface area contributed by atoms with E-state index in [1.807, 2.05) is 13.8 Å². The quantitative estimate of drug-likeness (QED) is 0.561. The Morgan fingerprint density at radius 1 is 1.10 bits per heavy atom. The van der Waals surface area contributed by atoms with E-state index >= 15 is 0 Å². The number of halogens is 1. The molecule has 0 saturated carbocycles. The van der Waals surface area contributed by atoms with E-state index < -0.39 is 11.9 Å². The first-order chi connectivity index (χ1) is 9.47. The number of rotatable bonds is 7. The van der Waals surface area contributed by atoms with Gasteiger partial charge in [-0.3, -0.25) is 0 Å². The summed E-state index contributed by atoms with van der Waals surface area (Å²) < 4.78 is 15.7. The van der Waals surface area contributed by atoms with Gasteiger partial charge in [0.2, 0.25) is 0 Å². The molecule has 0 aliphatic carbocycles. The second kappa shape index (κ2) is 8.71. The van der Waals surface area contributed by atoms with E-state index in [0.717, 1.165) is 4.47 Å². The Labute approximate surface area is 126 Å². The fraction of sp³-hybridized carbons (Fsp3) is 0.429. The number of ether oxygens (including phenoxy) is 3. The molecule has 0 unspecified atom stereocenters. The van der Waals surface area contributed by atoms with Gasteiger partial charge in [-0.15, -0.1) is 0 Å². The fourth-order valence-electron chi connectivity index (χ4n) is 1.18. The summed E-state index contributed by atoms with van der Waals surface area (Å²) in [6, 6.07) is 6.82.